The molecule has 1 aliphatic heterocycles. The fraction of sp³-hybridized carbons (Fsp3) is 0.400. The second-order valence-corrected chi connectivity index (χ2v) is 4.52. The van der Waals surface area contributed by atoms with Gasteiger partial charge in [0.05, 0.1) is 13.2 Å². The summed E-state index contributed by atoms with van der Waals surface area (Å²) in [6.07, 6.45) is 0. The van der Waals surface area contributed by atoms with Crippen LogP contribution in [-0.2, 0) is 10.2 Å². The molecule has 1 aromatic rings. The molecule has 0 bridgehead atoms. The van der Waals surface area contributed by atoms with Crippen molar-refractivity contribution in [3.05, 3.63) is 33.8 Å². The summed E-state index contributed by atoms with van der Waals surface area (Å²) in [7, 11) is 0. The second kappa shape index (κ2) is 3.16. The quantitative estimate of drug-likeness (QED) is 0.701. The van der Waals surface area contributed by atoms with Gasteiger partial charge < -0.3 is 4.74 Å². The van der Waals surface area contributed by atoms with Crippen LogP contribution in [0.2, 0.25) is 10.0 Å². The van der Waals surface area contributed by atoms with Gasteiger partial charge in [-0.2, -0.15) is 0 Å². The predicted octanol–water partition coefficient (Wildman–Crippen LogP) is 3.28. The van der Waals surface area contributed by atoms with Crippen LogP contribution in [0.4, 0.5) is 0 Å². The lowest BCUT2D eigenvalue weighted by molar-refractivity contribution is -0.0499. The normalized spacial score (nSPS) is 19.6. The zero-order chi connectivity index (χ0) is 9.47. The third-order valence-electron chi connectivity index (χ3n) is 2.42. The highest BCUT2D eigenvalue weighted by Crippen LogP contribution is 2.37. The summed E-state index contributed by atoms with van der Waals surface area (Å²) < 4.78 is 5.19. The minimum absolute atomic E-state index is 0.0850. The summed E-state index contributed by atoms with van der Waals surface area (Å²) in [4.78, 5) is 0. The minimum atomic E-state index is 0.0850. The fourth-order valence-electron chi connectivity index (χ4n) is 1.54. The van der Waals surface area contributed by atoms with E-state index in [1.54, 1.807) is 6.07 Å². The van der Waals surface area contributed by atoms with Crippen LogP contribution in [0.3, 0.4) is 0 Å². The molecule has 1 heterocycles. The van der Waals surface area contributed by atoms with Gasteiger partial charge in [0.15, 0.2) is 0 Å². The molecule has 3 heteroatoms. The third kappa shape index (κ3) is 1.56. The topological polar surface area (TPSA) is 9.23 Å². The van der Waals surface area contributed by atoms with Gasteiger partial charge in [0.2, 0.25) is 0 Å². The van der Waals surface area contributed by atoms with Gasteiger partial charge in [-0.3, -0.25) is 0 Å². The van der Waals surface area contributed by atoms with Crippen molar-refractivity contribution < 1.29 is 4.74 Å². The maximum atomic E-state index is 6.09. The summed E-state index contributed by atoms with van der Waals surface area (Å²) in [6, 6.07) is 5.63. The maximum Gasteiger partial charge on any atom is 0.0583 e. The van der Waals surface area contributed by atoms with Crippen molar-refractivity contribution in [2.75, 3.05) is 13.2 Å². The Morgan fingerprint density at radius 2 is 2.00 bits per heavy atom. The molecule has 0 N–H and O–H groups in total. The van der Waals surface area contributed by atoms with Crippen LogP contribution in [0.25, 0.3) is 0 Å². The lowest BCUT2D eigenvalue weighted by Crippen LogP contribution is -2.44. The average Bonchev–Trinajstić information content (AvgIpc) is 2.00. The average molecular weight is 217 g/mol. The van der Waals surface area contributed by atoms with Crippen molar-refractivity contribution in [1.29, 1.82) is 0 Å². The van der Waals surface area contributed by atoms with E-state index in [-0.39, 0.29) is 5.41 Å². The Kier molecular flexibility index (Phi) is 2.26. The summed E-state index contributed by atoms with van der Waals surface area (Å²) in [5.74, 6) is 0. The molecule has 1 saturated heterocycles. The molecule has 1 aliphatic rings. The van der Waals surface area contributed by atoms with Gasteiger partial charge in [-0.1, -0.05) is 36.2 Å². The van der Waals surface area contributed by atoms with Crippen LogP contribution in [0.5, 0.6) is 0 Å². The number of ether oxygens (including phenoxy) is 1. The van der Waals surface area contributed by atoms with Gasteiger partial charge in [0, 0.05) is 15.5 Å². The summed E-state index contributed by atoms with van der Waals surface area (Å²) in [5, 5.41) is 1.41. The van der Waals surface area contributed by atoms with Crippen molar-refractivity contribution in [3.63, 3.8) is 0 Å². The van der Waals surface area contributed by atoms with Crippen molar-refractivity contribution in [2.45, 2.75) is 12.3 Å². The highest BCUT2D eigenvalue weighted by atomic mass is 35.5. The van der Waals surface area contributed by atoms with Crippen LogP contribution in [0.15, 0.2) is 18.2 Å². The lowest BCUT2D eigenvalue weighted by atomic mass is 9.81. The van der Waals surface area contributed by atoms with E-state index in [4.69, 9.17) is 27.9 Å². The Bertz CT molecular complexity index is 332. The zero-order valence-corrected chi connectivity index (χ0v) is 8.82. The van der Waals surface area contributed by atoms with E-state index < -0.39 is 0 Å². The molecule has 0 unspecified atom stereocenters. The van der Waals surface area contributed by atoms with Crippen LogP contribution >= 0.6 is 23.2 Å². The van der Waals surface area contributed by atoms with E-state index in [2.05, 4.69) is 6.92 Å². The van der Waals surface area contributed by atoms with Crippen LogP contribution in [-0.4, -0.2) is 13.2 Å². The number of hydrogen-bond donors (Lipinski definition) is 0. The van der Waals surface area contributed by atoms with Gasteiger partial charge >= 0.3 is 0 Å². The Labute approximate surface area is 87.6 Å². The van der Waals surface area contributed by atoms with E-state index in [1.807, 2.05) is 12.1 Å². The first kappa shape index (κ1) is 9.32. The molecule has 13 heavy (non-hydrogen) atoms. The Morgan fingerprint density at radius 1 is 1.31 bits per heavy atom. The molecular formula is C10H10Cl2O. The predicted molar refractivity (Wildman–Crippen MR) is 54.6 cm³/mol. The summed E-state index contributed by atoms with van der Waals surface area (Å²) >= 11 is 11.9. The highest BCUT2D eigenvalue weighted by Gasteiger charge is 2.36. The Balaban J connectivity index is 2.40. The van der Waals surface area contributed by atoms with Crippen molar-refractivity contribution in [2.24, 2.45) is 0 Å². The van der Waals surface area contributed by atoms with Crippen molar-refractivity contribution in [1.82, 2.24) is 0 Å². The van der Waals surface area contributed by atoms with Gasteiger partial charge in [0.25, 0.3) is 0 Å². The van der Waals surface area contributed by atoms with Crippen molar-refractivity contribution in [3.8, 4) is 0 Å². The largest absolute Gasteiger partial charge is 0.379 e. The van der Waals surface area contributed by atoms with Crippen LogP contribution in [0.1, 0.15) is 12.5 Å². The first-order valence-corrected chi connectivity index (χ1v) is 4.91. The second-order valence-electron chi connectivity index (χ2n) is 3.68. The van der Waals surface area contributed by atoms with Crippen LogP contribution < -0.4 is 0 Å². The molecule has 0 atom stereocenters. The van der Waals surface area contributed by atoms with Gasteiger partial charge in [-0.25, -0.2) is 0 Å². The SMILES string of the molecule is CC1(c2ccc(Cl)cc2Cl)COC1. The van der Waals surface area contributed by atoms with E-state index in [1.165, 1.54) is 0 Å². The standard InChI is InChI=1S/C10H10Cl2O/c1-10(5-13-6-10)8-3-2-7(11)4-9(8)12/h2-4H,5-6H2,1H3. The molecule has 1 fully saturated rings. The number of benzene rings is 1. The molecule has 0 radical (unpaired) electrons. The molecule has 1 nitrogen and oxygen atoms in total. The summed E-state index contributed by atoms with van der Waals surface area (Å²) in [6.45, 7) is 3.63. The molecule has 2 rings (SSSR count). The Morgan fingerprint density at radius 3 is 2.46 bits per heavy atom. The van der Waals surface area contributed by atoms with Crippen LogP contribution in [0, 0.1) is 0 Å². The monoisotopic (exact) mass is 216 g/mol. The van der Waals surface area contributed by atoms with Gasteiger partial charge in [-0.15, -0.1) is 0 Å². The van der Waals surface area contributed by atoms with E-state index in [9.17, 15) is 0 Å². The number of halogens is 2. The van der Waals surface area contributed by atoms with Gasteiger partial charge in [0.1, 0.15) is 0 Å². The summed E-state index contributed by atoms with van der Waals surface area (Å²) in [5.41, 5.74) is 1.21. The minimum Gasteiger partial charge on any atom is -0.379 e. The molecule has 0 aliphatic carbocycles. The number of hydrogen-bond acceptors (Lipinski definition) is 1. The first-order chi connectivity index (χ1) is 6.12. The molecule has 0 aromatic heterocycles. The van der Waals surface area contributed by atoms with Gasteiger partial charge in [-0.05, 0) is 17.7 Å². The number of rotatable bonds is 1. The molecule has 0 saturated carbocycles. The molecular weight excluding hydrogens is 207 g/mol. The fourth-order valence-corrected chi connectivity index (χ4v) is 2.18. The van der Waals surface area contributed by atoms with E-state index in [0.717, 1.165) is 23.8 Å². The molecule has 0 amide bonds. The molecule has 70 valence electrons. The zero-order valence-electron chi connectivity index (χ0n) is 7.31. The Hall–Kier alpha value is -0.240. The molecule has 1 aromatic carbocycles. The third-order valence-corrected chi connectivity index (χ3v) is 2.97. The van der Waals surface area contributed by atoms with E-state index in [0.29, 0.717) is 5.02 Å². The molecule has 0 spiro atoms. The highest BCUT2D eigenvalue weighted by molar-refractivity contribution is 6.35. The first-order valence-electron chi connectivity index (χ1n) is 4.15. The van der Waals surface area contributed by atoms with E-state index >= 15 is 0 Å². The lowest BCUT2D eigenvalue weighted by Gasteiger charge is -2.39. The maximum absolute atomic E-state index is 6.09. The smallest absolute Gasteiger partial charge is 0.0583 e. The van der Waals surface area contributed by atoms with Crippen molar-refractivity contribution >= 4 is 23.2 Å².